The number of anilines is 2. The van der Waals surface area contributed by atoms with E-state index in [0.717, 1.165) is 44.1 Å². The van der Waals surface area contributed by atoms with Crippen LogP contribution in [0.5, 0.6) is 0 Å². The van der Waals surface area contributed by atoms with Crippen molar-refractivity contribution in [2.75, 3.05) is 36.9 Å². The minimum Gasteiger partial charge on any atom is -0.384 e. The summed E-state index contributed by atoms with van der Waals surface area (Å²) in [5, 5.41) is 0. The molecular weight excluding hydrogens is 252 g/mol. The van der Waals surface area contributed by atoms with Gasteiger partial charge in [-0.15, -0.1) is 0 Å². The molecule has 1 aliphatic rings. The molecule has 5 nitrogen and oxygen atoms in total. The van der Waals surface area contributed by atoms with Crippen LogP contribution in [0, 0.1) is 0 Å². The van der Waals surface area contributed by atoms with Gasteiger partial charge >= 0.3 is 0 Å². The van der Waals surface area contributed by atoms with E-state index < -0.39 is 0 Å². The second-order valence-electron chi connectivity index (χ2n) is 4.79. The van der Waals surface area contributed by atoms with Gasteiger partial charge < -0.3 is 15.4 Å². The van der Waals surface area contributed by atoms with Crippen molar-refractivity contribution in [1.29, 1.82) is 0 Å². The van der Waals surface area contributed by atoms with E-state index in [9.17, 15) is 0 Å². The highest BCUT2D eigenvalue weighted by Gasteiger charge is 2.14. The molecule has 0 unspecified atom stereocenters. The van der Waals surface area contributed by atoms with Crippen LogP contribution in [0.4, 0.5) is 11.6 Å². The molecule has 5 heteroatoms. The largest absolute Gasteiger partial charge is 0.384 e. The molecule has 2 N–H and O–H groups in total. The monoisotopic (exact) mass is 270 g/mol. The van der Waals surface area contributed by atoms with Gasteiger partial charge in [-0.2, -0.15) is 0 Å². The number of ether oxygens (including phenoxy) is 1. The van der Waals surface area contributed by atoms with Crippen LogP contribution in [-0.4, -0.2) is 36.3 Å². The molecule has 2 aromatic rings. The van der Waals surface area contributed by atoms with Crippen molar-refractivity contribution in [3.8, 4) is 11.4 Å². The van der Waals surface area contributed by atoms with Crippen LogP contribution in [-0.2, 0) is 4.74 Å². The quantitative estimate of drug-likeness (QED) is 0.903. The molecule has 0 atom stereocenters. The summed E-state index contributed by atoms with van der Waals surface area (Å²) >= 11 is 0. The topological polar surface area (TPSA) is 64.3 Å². The zero-order chi connectivity index (χ0) is 13.8. The SMILES string of the molecule is Nc1cc(N2CCCOCC2)nc(-c2ccccc2)n1. The summed E-state index contributed by atoms with van der Waals surface area (Å²) < 4.78 is 5.47. The van der Waals surface area contributed by atoms with Crippen molar-refractivity contribution < 1.29 is 4.74 Å². The van der Waals surface area contributed by atoms with Crippen molar-refractivity contribution in [1.82, 2.24) is 9.97 Å². The fourth-order valence-electron chi connectivity index (χ4n) is 2.31. The van der Waals surface area contributed by atoms with Crippen LogP contribution in [0.25, 0.3) is 11.4 Å². The van der Waals surface area contributed by atoms with Crippen molar-refractivity contribution in [3.63, 3.8) is 0 Å². The van der Waals surface area contributed by atoms with Crippen molar-refractivity contribution >= 4 is 11.6 Å². The van der Waals surface area contributed by atoms with Crippen molar-refractivity contribution in [3.05, 3.63) is 36.4 Å². The van der Waals surface area contributed by atoms with Crippen molar-refractivity contribution in [2.24, 2.45) is 0 Å². The van der Waals surface area contributed by atoms with Gasteiger partial charge in [0.2, 0.25) is 0 Å². The van der Waals surface area contributed by atoms with Gasteiger partial charge in [0.15, 0.2) is 5.82 Å². The van der Waals surface area contributed by atoms with E-state index in [0.29, 0.717) is 11.6 Å². The second-order valence-corrected chi connectivity index (χ2v) is 4.79. The zero-order valence-corrected chi connectivity index (χ0v) is 11.3. The lowest BCUT2D eigenvalue weighted by molar-refractivity contribution is 0.152. The van der Waals surface area contributed by atoms with Crippen LogP contribution < -0.4 is 10.6 Å². The molecule has 0 spiro atoms. The third-order valence-electron chi connectivity index (χ3n) is 3.31. The van der Waals surface area contributed by atoms with E-state index in [1.807, 2.05) is 36.4 Å². The Hall–Kier alpha value is -2.14. The number of hydrogen-bond acceptors (Lipinski definition) is 5. The van der Waals surface area contributed by atoms with Gasteiger partial charge in [0.05, 0.1) is 6.61 Å². The summed E-state index contributed by atoms with van der Waals surface area (Å²) in [6.45, 7) is 3.31. The minimum absolute atomic E-state index is 0.499. The molecule has 104 valence electrons. The first kappa shape index (κ1) is 12.9. The Morgan fingerprint density at radius 1 is 1.05 bits per heavy atom. The summed E-state index contributed by atoms with van der Waals surface area (Å²) in [4.78, 5) is 11.2. The van der Waals surface area contributed by atoms with E-state index in [4.69, 9.17) is 10.5 Å². The average molecular weight is 270 g/mol. The number of hydrogen-bond donors (Lipinski definition) is 1. The van der Waals surface area contributed by atoms with Crippen LogP contribution in [0.15, 0.2) is 36.4 Å². The molecule has 20 heavy (non-hydrogen) atoms. The summed E-state index contributed by atoms with van der Waals surface area (Å²) in [6, 6.07) is 11.7. The minimum atomic E-state index is 0.499. The van der Waals surface area contributed by atoms with E-state index in [2.05, 4.69) is 14.9 Å². The van der Waals surface area contributed by atoms with E-state index in [-0.39, 0.29) is 0 Å². The highest BCUT2D eigenvalue weighted by molar-refractivity contribution is 5.60. The van der Waals surface area contributed by atoms with Gasteiger partial charge in [-0.05, 0) is 6.42 Å². The number of benzene rings is 1. The first-order valence-electron chi connectivity index (χ1n) is 6.85. The van der Waals surface area contributed by atoms with Crippen molar-refractivity contribution in [2.45, 2.75) is 6.42 Å². The predicted molar refractivity (Wildman–Crippen MR) is 79.5 cm³/mol. The molecule has 0 amide bonds. The molecule has 0 radical (unpaired) electrons. The van der Waals surface area contributed by atoms with Crippen LogP contribution in [0.1, 0.15) is 6.42 Å². The maximum atomic E-state index is 5.93. The predicted octanol–water partition coefficient (Wildman–Crippen LogP) is 1.95. The molecule has 1 fully saturated rings. The molecule has 1 saturated heterocycles. The molecule has 0 bridgehead atoms. The van der Waals surface area contributed by atoms with Gasteiger partial charge in [0.1, 0.15) is 11.6 Å². The third-order valence-corrected chi connectivity index (χ3v) is 3.31. The molecule has 2 heterocycles. The smallest absolute Gasteiger partial charge is 0.163 e. The van der Waals surface area contributed by atoms with E-state index >= 15 is 0 Å². The molecule has 1 aliphatic heterocycles. The Labute approximate surface area is 118 Å². The summed E-state index contributed by atoms with van der Waals surface area (Å²) in [7, 11) is 0. The standard InChI is InChI=1S/C15H18N4O/c16-13-11-14(19-7-4-9-20-10-8-19)18-15(17-13)12-5-2-1-3-6-12/h1-3,5-6,11H,4,7-10H2,(H2,16,17,18). The first-order chi connectivity index (χ1) is 9.83. The van der Waals surface area contributed by atoms with E-state index in [1.165, 1.54) is 0 Å². The third kappa shape index (κ3) is 2.88. The van der Waals surface area contributed by atoms with Gasteiger partial charge in [0.25, 0.3) is 0 Å². The lowest BCUT2D eigenvalue weighted by atomic mass is 10.2. The molecule has 3 rings (SSSR count). The lowest BCUT2D eigenvalue weighted by Gasteiger charge is -2.21. The zero-order valence-electron chi connectivity index (χ0n) is 11.3. The number of rotatable bonds is 2. The van der Waals surface area contributed by atoms with Crippen LogP contribution in [0.2, 0.25) is 0 Å². The number of nitrogen functional groups attached to an aromatic ring is 1. The fourth-order valence-corrected chi connectivity index (χ4v) is 2.31. The maximum Gasteiger partial charge on any atom is 0.163 e. The maximum absolute atomic E-state index is 5.93. The average Bonchev–Trinajstić information content (AvgIpc) is 2.77. The lowest BCUT2D eigenvalue weighted by Crippen LogP contribution is -2.27. The fraction of sp³-hybridized carbons (Fsp3) is 0.333. The Morgan fingerprint density at radius 2 is 1.90 bits per heavy atom. The summed E-state index contributed by atoms with van der Waals surface area (Å²) in [5.41, 5.74) is 6.91. The molecule has 0 saturated carbocycles. The highest BCUT2D eigenvalue weighted by atomic mass is 16.5. The van der Waals surface area contributed by atoms with Gasteiger partial charge in [-0.1, -0.05) is 30.3 Å². The Bertz CT molecular complexity index is 565. The molecule has 0 aliphatic carbocycles. The van der Waals surface area contributed by atoms with Gasteiger partial charge in [0, 0.05) is 31.3 Å². The van der Waals surface area contributed by atoms with Gasteiger partial charge in [-0.25, -0.2) is 9.97 Å². The van der Waals surface area contributed by atoms with E-state index in [1.54, 1.807) is 0 Å². The Morgan fingerprint density at radius 3 is 2.75 bits per heavy atom. The number of nitrogens with zero attached hydrogens (tertiary/aromatic N) is 3. The van der Waals surface area contributed by atoms with Crippen LogP contribution >= 0.6 is 0 Å². The summed E-state index contributed by atoms with van der Waals surface area (Å²) in [5.74, 6) is 2.05. The van der Waals surface area contributed by atoms with Gasteiger partial charge in [-0.3, -0.25) is 0 Å². The molecule has 1 aromatic carbocycles. The first-order valence-corrected chi connectivity index (χ1v) is 6.85. The highest BCUT2D eigenvalue weighted by Crippen LogP contribution is 2.21. The summed E-state index contributed by atoms with van der Waals surface area (Å²) in [6.07, 6.45) is 1.00. The Kier molecular flexibility index (Phi) is 3.78. The number of aromatic nitrogens is 2. The molecule has 1 aromatic heterocycles. The Balaban J connectivity index is 1.94. The van der Waals surface area contributed by atoms with Crippen LogP contribution in [0.3, 0.4) is 0 Å². The second kappa shape index (κ2) is 5.88. The molecular formula is C15H18N4O. The number of nitrogens with two attached hydrogens (primary N) is 1. The normalized spacial score (nSPS) is 15.9.